The zero-order chi connectivity index (χ0) is 17.9. The van der Waals surface area contributed by atoms with Gasteiger partial charge >= 0.3 is 0 Å². The molecule has 0 atom stereocenters. The van der Waals surface area contributed by atoms with Crippen LogP contribution in [-0.2, 0) is 6.54 Å². The summed E-state index contributed by atoms with van der Waals surface area (Å²) in [5.41, 5.74) is 6.06. The van der Waals surface area contributed by atoms with Crippen LogP contribution in [0.15, 0.2) is 78.9 Å². The van der Waals surface area contributed by atoms with E-state index < -0.39 is 5.91 Å². The number of amides is 1. The second-order valence-electron chi connectivity index (χ2n) is 6.03. The second kappa shape index (κ2) is 6.82. The number of rotatable bonds is 4. The number of fused-ring (bicyclic) bond motifs is 1. The largest absolute Gasteiger partial charge is 0.288 e. The van der Waals surface area contributed by atoms with Crippen LogP contribution in [0.25, 0.3) is 22.2 Å². The van der Waals surface area contributed by atoms with Crippen molar-refractivity contribution in [1.29, 1.82) is 0 Å². The van der Waals surface area contributed by atoms with E-state index in [-0.39, 0.29) is 0 Å². The summed E-state index contributed by atoms with van der Waals surface area (Å²) in [6.45, 7) is 0.687. The summed E-state index contributed by atoms with van der Waals surface area (Å²) >= 11 is 0. The van der Waals surface area contributed by atoms with Crippen LogP contribution in [0.5, 0.6) is 0 Å². The maximum atomic E-state index is 11.5. The Morgan fingerprint density at radius 1 is 0.923 bits per heavy atom. The third kappa shape index (κ3) is 2.96. The molecule has 1 amide bonds. The van der Waals surface area contributed by atoms with E-state index in [0.29, 0.717) is 12.1 Å². The van der Waals surface area contributed by atoms with Gasteiger partial charge in [0.15, 0.2) is 0 Å². The van der Waals surface area contributed by atoms with E-state index in [2.05, 4.69) is 18.2 Å². The Bertz CT molecular complexity index is 1050. The van der Waals surface area contributed by atoms with Gasteiger partial charge in [0.1, 0.15) is 5.69 Å². The molecule has 1 aromatic heterocycles. The van der Waals surface area contributed by atoms with Gasteiger partial charge in [0.25, 0.3) is 5.91 Å². The summed E-state index contributed by atoms with van der Waals surface area (Å²) in [6, 6.07) is 25.3. The van der Waals surface area contributed by atoms with E-state index in [4.69, 9.17) is 10.3 Å². The first kappa shape index (κ1) is 16.1. The third-order valence-electron chi connectivity index (χ3n) is 4.36. The highest BCUT2D eigenvalue weighted by Crippen LogP contribution is 2.28. The number of nitrogens with one attached hydrogen (secondary N) is 1. The maximum absolute atomic E-state index is 11.5. The lowest BCUT2D eigenvalue weighted by Gasteiger charge is -2.03. The van der Waals surface area contributed by atoms with E-state index in [0.717, 1.165) is 22.2 Å². The first-order valence-corrected chi connectivity index (χ1v) is 8.30. The lowest BCUT2D eigenvalue weighted by Crippen LogP contribution is -2.18. The minimum Gasteiger partial charge on any atom is -0.288 e. The van der Waals surface area contributed by atoms with Crippen LogP contribution >= 0.6 is 0 Å². The number of carbonyl (C=O) groups is 1. The lowest BCUT2D eigenvalue weighted by molar-refractivity contribution is 0.0706. The minimum atomic E-state index is -0.531. The van der Waals surface area contributed by atoms with Crippen molar-refractivity contribution in [3.05, 3.63) is 90.0 Å². The fraction of sp³-hybridized carbons (Fsp3) is 0.0476. The second-order valence-corrected chi connectivity index (χ2v) is 6.03. The zero-order valence-electron chi connectivity index (χ0n) is 14.0. The molecular weight excluding hydrogens is 326 g/mol. The summed E-state index contributed by atoms with van der Waals surface area (Å²) < 4.78 is 1.99. The normalized spacial score (nSPS) is 10.8. The molecule has 0 spiro atoms. The molecule has 4 aromatic rings. The Hall–Kier alpha value is -3.44. The van der Waals surface area contributed by atoms with Crippen LogP contribution in [0.3, 0.4) is 0 Å². The SMILES string of the molecule is O=C(NO)c1ccc(-c2nn(Cc3ccccc3)c3ccccc23)cc1. The summed E-state index contributed by atoms with van der Waals surface area (Å²) in [5.74, 6) is -0.531. The summed E-state index contributed by atoms with van der Waals surface area (Å²) in [4.78, 5) is 11.5. The molecule has 26 heavy (non-hydrogen) atoms. The molecule has 0 saturated heterocycles. The predicted molar refractivity (Wildman–Crippen MR) is 100.0 cm³/mol. The highest BCUT2D eigenvalue weighted by Gasteiger charge is 2.13. The van der Waals surface area contributed by atoms with E-state index in [1.54, 1.807) is 17.6 Å². The van der Waals surface area contributed by atoms with Crippen LogP contribution in [0, 0.1) is 0 Å². The number of hydrogen-bond acceptors (Lipinski definition) is 3. The lowest BCUT2D eigenvalue weighted by atomic mass is 10.1. The van der Waals surface area contributed by atoms with Crippen LogP contribution < -0.4 is 5.48 Å². The topological polar surface area (TPSA) is 67.2 Å². The Morgan fingerprint density at radius 2 is 1.62 bits per heavy atom. The minimum absolute atomic E-state index is 0.393. The standard InChI is InChI=1S/C21H17N3O2/c25-21(23-26)17-12-10-16(11-13-17)20-18-8-4-5-9-19(18)24(22-20)14-15-6-2-1-3-7-15/h1-13,26H,14H2,(H,23,25). The van der Waals surface area contributed by atoms with Gasteiger partial charge in [-0.25, -0.2) is 5.48 Å². The first-order valence-electron chi connectivity index (χ1n) is 8.30. The molecule has 0 aliphatic rings. The Balaban J connectivity index is 1.77. The van der Waals surface area contributed by atoms with Gasteiger partial charge in [0.05, 0.1) is 12.1 Å². The first-order chi connectivity index (χ1) is 12.8. The maximum Gasteiger partial charge on any atom is 0.274 e. The molecule has 0 bridgehead atoms. The fourth-order valence-corrected chi connectivity index (χ4v) is 3.06. The molecule has 5 heteroatoms. The van der Waals surface area contributed by atoms with Crippen LogP contribution in [0.4, 0.5) is 0 Å². The average molecular weight is 343 g/mol. The van der Waals surface area contributed by atoms with Gasteiger partial charge in [0.2, 0.25) is 0 Å². The van der Waals surface area contributed by atoms with Gasteiger partial charge < -0.3 is 0 Å². The molecule has 1 heterocycles. The van der Waals surface area contributed by atoms with Crippen molar-refractivity contribution in [2.45, 2.75) is 6.54 Å². The van der Waals surface area contributed by atoms with Crippen molar-refractivity contribution in [3.8, 4) is 11.3 Å². The number of carbonyl (C=O) groups excluding carboxylic acids is 1. The molecule has 5 nitrogen and oxygen atoms in total. The molecule has 0 aliphatic heterocycles. The van der Waals surface area contributed by atoms with Gasteiger partial charge in [-0.05, 0) is 23.8 Å². The number of nitrogens with zero attached hydrogens (tertiary/aromatic N) is 2. The van der Waals surface area contributed by atoms with Gasteiger partial charge in [0, 0.05) is 16.5 Å². The van der Waals surface area contributed by atoms with Crippen molar-refractivity contribution < 1.29 is 10.0 Å². The highest BCUT2D eigenvalue weighted by molar-refractivity contribution is 5.96. The van der Waals surface area contributed by atoms with Gasteiger partial charge in [-0.1, -0.05) is 60.7 Å². The summed E-state index contributed by atoms with van der Waals surface area (Å²) in [7, 11) is 0. The third-order valence-corrected chi connectivity index (χ3v) is 4.36. The quantitative estimate of drug-likeness (QED) is 0.437. The van der Waals surface area contributed by atoms with Crippen LogP contribution in [0.1, 0.15) is 15.9 Å². The predicted octanol–water partition coefficient (Wildman–Crippen LogP) is 3.87. The van der Waals surface area contributed by atoms with E-state index in [1.165, 1.54) is 5.56 Å². The van der Waals surface area contributed by atoms with Crippen molar-refractivity contribution in [2.24, 2.45) is 0 Å². The highest BCUT2D eigenvalue weighted by atomic mass is 16.5. The van der Waals surface area contributed by atoms with Gasteiger partial charge in [-0.15, -0.1) is 0 Å². The average Bonchev–Trinajstić information content (AvgIpc) is 3.07. The summed E-state index contributed by atoms with van der Waals surface area (Å²) in [6.07, 6.45) is 0. The monoisotopic (exact) mass is 343 g/mol. The van der Waals surface area contributed by atoms with E-state index in [1.807, 2.05) is 53.2 Å². The molecule has 0 unspecified atom stereocenters. The molecule has 0 aliphatic carbocycles. The fourth-order valence-electron chi connectivity index (χ4n) is 3.06. The molecule has 4 rings (SSSR count). The summed E-state index contributed by atoms with van der Waals surface area (Å²) in [5, 5.41) is 14.6. The number of para-hydroxylation sites is 1. The molecule has 0 fully saturated rings. The molecule has 0 saturated carbocycles. The molecule has 0 radical (unpaired) electrons. The number of hydroxylamine groups is 1. The Kier molecular flexibility index (Phi) is 4.21. The van der Waals surface area contributed by atoms with E-state index >= 15 is 0 Å². The molecule has 2 N–H and O–H groups in total. The van der Waals surface area contributed by atoms with Crippen molar-refractivity contribution in [3.63, 3.8) is 0 Å². The van der Waals surface area contributed by atoms with Crippen LogP contribution in [0.2, 0.25) is 0 Å². The van der Waals surface area contributed by atoms with Gasteiger partial charge in [-0.2, -0.15) is 5.10 Å². The van der Waals surface area contributed by atoms with E-state index in [9.17, 15) is 4.79 Å². The van der Waals surface area contributed by atoms with Gasteiger partial charge in [-0.3, -0.25) is 14.7 Å². The Labute approximate surface area is 150 Å². The molecular formula is C21H17N3O2. The zero-order valence-corrected chi connectivity index (χ0v) is 14.0. The Morgan fingerprint density at radius 3 is 2.35 bits per heavy atom. The van der Waals surface area contributed by atoms with Crippen LogP contribution in [-0.4, -0.2) is 20.9 Å². The van der Waals surface area contributed by atoms with Crippen molar-refractivity contribution >= 4 is 16.8 Å². The smallest absolute Gasteiger partial charge is 0.274 e. The molecule has 128 valence electrons. The van der Waals surface area contributed by atoms with Crippen molar-refractivity contribution in [1.82, 2.24) is 15.3 Å². The number of benzene rings is 3. The van der Waals surface area contributed by atoms with Crippen molar-refractivity contribution in [2.75, 3.05) is 0 Å². The number of hydrogen-bond donors (Lipinski definition) is 2. The number of aromatic nitrogens is 2. The molecule has 3 aromatic carbocycles.